The van der Waals surface area contributed by atoms with Crippen LogP contribution in [0.15, 0.2) is 10.7 Å². The van der Waals surface area contributed by atoms with E-state index in [1.807, 2.05) is 0 Å². The maximum Gasteiger partial charge on any atom is 0.325 e. The Labute approximate surface area is 124 Å². The van der Waals surface area contributed by atoms with E-state index >= 15 is 0 Å². The number of aliphatic hydroxyl groups is 3. The first-order valence-electron chi connectivity index (χ1n) is 6.28. The van der Waals surface area contributed by atoms with Gasteiger partial charge in [-0.25, -0.2) is 4.79 Å². The molecule has 2 aliphatic heterocycles. The Morgan fingerprint density at radius 1 is 1.50 bits per heavy atom. The number of hydrogen-bond donors (Lipinski definition) is 5. The molecule has 0 aliphatic carbocycles. The molecule has 20 heavy (non-hydrogen) atoms. The van der Waals surface area contributed by atoms with Crippen LogP contribution in [0.1, 0.15) is 12.8 Å². The normalized spacial score (nSPS) is 39.0. The second-order valence-corrected chi connectivity index (χ2v) is 5.71. The highest BCUT2D eigenvalue weighted by Gasteiger charge is 2.37. The number of urea groups is 1. The van der Waals surface area contributed by atoms with Crippen LogP contribution in [0.3, 0.4) is 0 Å². The molecule has 0 radical (unpaired) electrons. The molecule has 0 bridgehead atoms. The molecule has 8 nitrogen and oxygen atoms in total. The van der Waals surface area contributed by atoms with Crippen molar-refractivity contribution in [2.24, 2.45) is 5.73 Å². The quantitative estimate of drug-likeness (QED) is 0.423. The molecule has 0 saturated carbocycles. The lowest BCUT2D eigenvalue weighted by molar-refractivity contribution is -0.133. The Hall–Kier alpha value is -0.710. The Morgan fingerprint density at radius 2 is 2.20 bits per heavy atom. The van der Waals surface area contributed by atoms with Gasteiger partial charge in [-0.2, -0.15) is 0 Å². The van der Waals surface area contributed by atoms with Crippen molar-refractivity contribution < 1.29 is 24.9 Å². The van der Waals surface area contributed by atoms with Gasteiger partial charge in [0.15, 0.2) is 0 Å². The summed E-state index contributed by atoms with van der Waals surface area (Å²) >= 11 is 3.24. The highest BCUT2D eigenvalue weighted by Crippen LogP contribution is 2.25. The van der Waals surface area contributed by atoms with Crippen LogP contribution in [0.4, 0.5) is 4.79 Å². The van der Waals surface area contributed by atoms with E-state index in [9.17, 15) is 20.1 Å². The van der Waals surface area contributed by atoms with Gasteiger partial charge in [0.05, 0.1) is 12.7 Å². The van der Waals surface area contributed by atoms with Crippen LogP contribution >= 0.6 is 15.9 Å². The van der Waals surface area contributed by atoms with Crippen LogP contribution in [0.2, 0.25) is 0 Å². The maximum absolute atomic E-state index is 11.9. The smallest absolute Gasteiger partial charge is 0.325 e. The first-order valence-corrected chi connectivity index (χ1v) is 7.07. The highest BCUT2D eigenvalue weighted by molar-refractivity contribution is 9.11. The van der Waals surface area contributed by atoms with Crippen molar-refractivity contribution in [2.75, 3.05) is 6.61 Å². The van der Waals surface area contributed by atoms with Gasteiger partial charge in [0.25, 0.3) is 0 Å². The van der Waals surface area contributed by atoms with Crippen LogP contribution in [-0.4, -0.2) is 63.6 Å². The van der Waals surface area contributed by atoms with Gasteiger partial charge in [0, 0.05) is 10.7 Å². The third-order valence-corrected chi connectivity index (χ3v) is 4.08. The van der Waals surface area contributed by atoms with Crippen molar-refractivity contribution in [1.29, 1.82) is 0 Å². The van der Waals surface area contributed by atoms with Crippen molar-refractivity contribution in [3.05, 3.63) is 10.7 Å². The van der Waals surface area contributed by atoms with Crippen molar-refractivity contribution in [3.8, 4) is 0 Å². The first kappa shape index (κ1) is 15.7. The van der Waals surface area contributed by atoms with Gasteiger partial charge in [-0.05, 0) is 12.8 Å². The summed E-state index contributed by atoms with van der Waals surface area (Å²) < 4.78 is 6.11. The van der Waals surface area contributed by atoms with E-state index in [2.05, 4.69) is 21.2 Å². The number of halogens is 1. The monoisotopic (exact) mass is 351 g/mol. The summed E-state index contributed by atoms with van der Waals surface area (Å²) in [5, 5.41) is 31.3. The fourth-order valence-electron chi connectivity index (χ4n) is 2.20. The van der Waals surface area contributed by atoms with E-state index < -0.39 is 43.3 Å². The van der Waals surface area contributed by atoms with Gasteiger partial charge in [-0.15, -0.1) is 0 Å². The van der Waals surface area contributed by atoms with Crippen molar-refractivity contribution in [1.82, 2.24) is 10.2 Å². The van der Waals surface area contributed by atoms with Gasteiger partial charge in [0.2, 0.25) is 0 Å². The SMILES string of the molecule is NC1NC(=O)N(C2CC[C@H](O)[C@H](O)[C@@H](CO)O2)C=C1Br. The maximum atomic E-state index is 11.9. The van der Waals surface area contributed by atoms with E-state index in [4.69, 9.17) is 10.5 Å². The predicted molar refractivity (Wildman–Crippen MR) is 72.4 cm³/mol. The molecule has 2 rings (SSSR count). The summed E-state index contributed by atoms with van der Waals surface area (Å²) in [4.78, 5) is 13.2. The Balaban J connectivity index is 2.17. The molecule has 2 aliphatic rings. The zero-order valence-corrected chi connectivity index (χ0v) is 12.2. The van der Waals surface area contributed by atoms with Crippen LogP contribution in [0.5, 0.6) is 0 Å². The lowest BCUT2D eigenvalue weighted by Gasteiger charge is -2.34. The molecular formula is C11H18BrN3O5. The van der Waals surface area contributed by atoms with Crippen LogP contribution in [0, 0.1) is 0 Å². The summed E-state index contributed by atoms with van der Waals surface area (Å²) in [5.41, 5.74) is 5.65. The molecule has 2 amide bonds. The van der Waals surface area contributed by atoms with E-state index in [-0.39, 0.29) is 6.42 Å². The lowest BCUT2D eigenvalue weighted by atomic mass is 10.1. The molecule has 0 aromatic rings. The summed E-state index contributed by atoms with van der Waals surface area (Å²) in [6.07, 6.45) is -2.36. The summed E-state index contributed by atoms with van der Waals surface area (Å²) in [7, 11) is 0. The van der Waals surface area contributed by atoms with Crippen LogP contribution in [0.25, 0.3) is 0 Å². The number of aliphatic hydroxyl groups excluding tert-OH is 3. The molecule has 114 valence electrons. The van der Waals surface area contributed by atoms with E-state index in [0.29, 0.717) is 10.9 Å². The summed E-state index contributed by atoms with van der Waals surface area (Å²) in [6, 6.07) is -0.437. The second-order valence-electron chi connectivity index (χ2n) is 4.80. The zero-order chi connectivity index (χ0) is 14.9. The number of ether oxygens (including phenoxy) is 1. The number of nitrogens with two attached hydrogens (primary N) is 1. The lowest BCUT2D eigenvalue weighted by Crippen LogP contribution is -2.55. The second kappa shape index (κ2) is 6.37. The van der Waals surface area contributed by atoms with Gasteiger partial charge < -0.3 is 31.1 Å². The first-order chi connectivity index (χ1) is 9.43. The van der Waals surface area contributed by atoms with Gasteiger partial charge >= 0.3 is 6.03 Å². The molecule has 1 saturated heterocycles. The number of carbonyl (C=O) groups is 1. The molecule has 5 atom stereocenters. The topological polar surface area (TPSA) is 128 Å². The van der Waals surface area contributed by atoms with E-state index in [1.54, 1.807) is 0 Å². The van der Waals surface area contributed by atoms with Gasteiger partial charge in [-0.1, -0.05) is 15.9 Å². The van der Waals surface area contributed by atoms with Gasteiger partial charge in [0.1, 0.15) is 24.6 Å². The molecule has 2 heterocycles. The summed E-state index contributed by atoms with van der Waals surface area (Å²) in [5.74, 6) is 0. The Bertz CT molecular complexity index is 408. The summed E-state index contributed by atoms with van der Waals surface area (Å²) in [6.45, 7) is -0.450. The zero-order valence-electron chi connectivity index (χ0n) is 10.6. The minimum Gasteiger partial charge on any atom is -0.394 e. The Morgan fingerprint density at radius 3 is 2.85 bits per heavy atom. The number of nitrogens with zero attached hydrogens (tertiary/aromatic N) is 1. The van der Waals surface area contributed by atoms with Gasteiger partial charge in [-0.3, -0.25) is 4.90 Å². The molecule has 0 aromatic heterocycles. The molecular weight excluding hydrogens is 334 g/mol. The third kappa shape index (κ3) is 3.13. The molecule has 6 N–H and O–H groups in total. The average Bonchev–Trinajstić information content (AvgIpc) is 2.55. The van der Waals surface area contributed by atoms with Crippen molar-refractivity contribution in [2.45, 2.75) is 43.5 Å². The largest absolute Gasteiger partial charge is 0.394 e. The molecule has 0 aromatic carbocycles. The van der Waals surface area contributed by atoms with Crippen molar-refractivity contribution >= 4 is 22.0 Å². The van der Waals surface area contributed by atoms with Crippen molar-refractivity contribution in [3.63, 3.8) is 0 Å². The number of hydrogen-bond acceptors (Lipinski definition) is 6. The average molecular weight is 352 g/mol. The van der Waals surface area contributed by atoms with Crippen LogP contribution < -0.4 is 11.1 Å². The fraction of sp³-hybridized carbons (Fsp3) is 0.727. The molecule has 0 spiro atoms. The predicted octanol–water partition coefficient (Wildman–Crippen LogP) is -1.25. The number of nitrogens with one attached hydrogen (secondary N) is 1. The Kier molecular flexibility index (Phi) is 4.99. The van der Waals surface area contributed by atoms with E-state index in [0.717, 1.165) is 0 Å². The molecule has 9 heteroatoms. The number of amides is 2. The highest BCUT2D eigenvalue weighted by atomic mass is 79.9. The minimum absolute atomic E-state index is 0.254. The molecule has 2 unspecified atom stereocenters. The fourth-order valence-corrected chi connectivity index (χ4v) is 2.54. The standard InChI is InChI=1S/C11H18BrN3O5/c12-5-3-15(11(19)14-10(5)13)8-2-1-6(17)9(18)7(4-16)20-8/h3,6-10,16-18H,1-2,4,13H2,(H,14,19)/t6-,7+,8?,9-,10?/m0/s1. The number of rotatable bonds is 2. The minimum atomic E-state index is -1.19. The third-order valence-electron chi connectivity index (χ3n) is 3.38. The molecule has 1 fully saturated rings. The van der Waals surface area contributed by atoms with Crippen LogP contribution in [-0.2, 0) is 4.74 Å². The number of carbonyl (C=O) groups excluding carboxylic acids is 1. The van der Waals surface area contributed by atoms with E-state index in [1.165, 1.54) is 11.1 Å².